The van der Waals surface area contributed by atoms with E-state index in [4.69, 9.17) is 5.73 Å². The van der Waals surface area contributed by atoms with Crippen LogP contribution in [0.15, 0.2) is 0 Å². The fourth-order valence-electron chi connectivity index (χ4n) is 2.30. The molecule has 118 valence electrons. The van der Waals surface area contributed by atoms with Crippen molar-refractivity contribution in [2.24, 2.45) is 11.7 Å². The molecule has 20 heavy (non-hydrogen) atoms. The van der Waals surface area contributed by atoms with Crippen molar-refractivity contribution < 1.29 is 17.9 Å². The Morgan fingerprint density at radius 2 is 2.00 bits per heavy atom. The number of nitrogens with zero attached hydrogens (tertiary/aromatic N) is 2. The molecule has 1 saturated heterocycles. The minimum atomic E-state index is -3.50. The Hall–Kier alpha value is -0.700. The number of piperidine rings is 1. The first kappa shape index (κ1) is 17.4. The molecule has 0 bridgehead atoms. The largest absolute Gasteiger partial charge is 0.469 e. The van der Waals surface area contributed by atoms with Crippen molar-refractivity contribution in [3.05, 3.63) is 0 Å². The topological polar surface area (TPSA) is 92.9 Å². The Balaban J connectivity index is 2.54. The van der Waals surface area contributed by atoms with E-state index in [1.807, 2.05) is 6.92 Å². The Bertz CT molecular complexity index is 416. The maximum Gasteiger partial charge on any atom is 0.306 e. The second kappa shape index (κ2) is 7.35. The van der Waals surface area contributed by atoms with E-state index in [0.29, 0.717) is 19.0 Å². The number of ether oxygens (including phenoxy) is 1. The smallest absolute Gasteiger partial charge is 0.306 e. The molecule has 0 aliphatic carbocycles. The number of hydrogen-bond donors (Lipinski definition) is 1. The first-order valence-electron chi connectivity index (χ1n) is 6.82. The van der Waals surface area contributed by atoms with Gasteiger partial charge in [-0.3, -0.25) is 4.79 Å². The summed E-state index contributed by atoms with van der Waals surface area (Å²) in [6.07, 6.45) is 1.62. The zero-order valence-electron chi connectivity index (χ0n) is 12.4. The Morgan fingerprint density at radius 3 is 2.45 bits per heavy atom. The summed E-state index contributed by atoms with van der Waals surface area (Å²) in [4.78, 5) is 11.1. The summed E-state index contributed by atoms with van der Waals surface area (Å²) in [5.74, 6) is -0.0375. The molecule has 1 heterocycles. The highest BCUT2D eigenvalue weighted by Gasteiger charge is 2.32. The van der Waals surface area contributed by atoms with Crippen LogP contribution in [0.3, 0.4) is 0 Å². The highest BCUT2D eigenvalue weighted by atomic mass is 32.2. The summed E-state index contributed by atoms with van der Waals surface area (Å²) >= 11 is 0. The van der Waals surface area contributed by atoms with Crippen LogP contribution in [0.25, 0.3) is 0 Å². The van der Waals surface area contributed by atoms with Gasteiger partial charge in [0.1, 0.15) is 0 Å². The summed E-state index contributed by atoms with van der Waals surface area (Å²) < 4.78 is 31.8. The number of carbonyl (C=O) groups excluding carboxylic acids is 1. The second-order valence-corrected chi connectivity index (χ2v) is 7.29. The van der Waals surface area contributed by atoms with Gasteiger partial charge in [0.15, 0.2) is 0 Å². The van der Waals surface area contributed by atoms with Gasteiger partial charge in [-0.1, -0.05) is 0 Å². The highest BCUT2D eigenvalue weighted by Crippen LogP contribution is 2.22. The van der Waals surface area contributed by atoms with Crippen LogP contribution in [0.2, 0.25) is 0 Å². The lowest BCUT2D eigenvalue weighted by Crippen LogP contribution is -2.48. The van der Waals surface area contributed by atoms with E-state index in [0.717, 1.165) is 12.8 Å². The molecule has 0 saturated carbocycles. The molecule has 0 spiro atoms. The van der Waals surface area contributed by atoms with Gasteiger partial charge >= 0.3 is 5.97 Å². The summed E-state index contributed by atoms with van der Waals surface area (Å²) in [7, 11) is -0.728. The fourth-order valence-corrected chi connectivity index (χ4v) is 3.68. The average molecular weight is 307 g/mol. The fraction of sp³-hybridized carbons (Fsp3) is 0.917. The van der Waals surface area contributed by atoms with E-state index >= 15 is 0 Å². The zero-order chi connectivity index (χ0) is 15.3. The van der Waals surface area contributed by atoms with Gasteiger partial charge in [0.2, 0.25) is 0 Å². The predicted molar refractivity (Wildman–Crippen MR) is 76.1 cm³/mol. The van der Waals surface area contributed by atoms with Crippen LogP contribution in [-0.2, 0) is 19.7 Å². The maximum absolute atomic E-state index is 12.3. The highest BCUT2D eigenvalue weighted by molar-refractivity contribution is 7.86. The molecule has 1 fully saturated rings. The molecular weight excluding hydrogens is 282 g/mol. The molecule has 7 nitrogen and oxygen atoms in total. The molecule has 1 aliphatic rings. The molecule has 8 heteroatoms. The van der Waals surface area contributed by atoms with Crippen molar-refractivity contribution >= 4 is 16.2 Å². The van der Waals surface area contributed by atoms with Gasteiger partial charge in [0.05, 0.1) is 13.5 Å². The Morgan fingerprint density at radius 1 is 1.45 bits per heavy atom. The van der Waals surface area contributed by atoms with Gasteiger partial charge in [0, 0.05) is 32.7 Å². The molecule has 1 unspecified atom stereocenters. The minimum absolute atomic E-state index is 0.0581. The van der Waals surface area contributed by atoms with E-state index < -0.39 is 16.2 Å². The van der Waals surface area contributed by atoms with Crippen LogP contribution >= 0.6 is 0 Å². The zero-order valence-corrected chi connectivity index (χ0v) is 13.2. The number of carbonyl (C=O) groups is 1. The monoisotopic (exact) mass is 307 g/mol. The van der Waals surface area contributed by atoms with Crippen molar-refractivity contribution in [2.45, 2.75) is 32.2 Å². The van der Waals surface area contributed by atoms with Crippen LogP contribution < -0.4 is 5.73 Å². The minimum Gasteiger partial charge on any atom is -0.469 e. The van der Waals surface area contributed by atoms with Crippen molar-refractivity contribution in [1.29, 1.82) is 0 Å². The van der Waals surface area contributed by atoms with Gasteiger partial charge < -0.3 is 10.5 Å². The van der Waals surface area contributed by atoms with E-state index in [2.05, 4.69) is 4.74 Å². The van der Waals surface area contributed by atoms with Crippen molar-refractivity contribution in [2.75, 3.05) is 33.8 Å². The van der Waals surface area contributed by atoms with Crippen molar-refractivity contribution in [3.8, 4) is 0 Å². The second-order valence-electron chi connectivity index (χ2n) is 5.25. The average Bonchev–Trinajstić information content (AvgIpc) is 2.44. The van der Waals surface area contributed by atoms with E-state index in [-0.39, 0.29) is 19.0 Å². The number of nitrogens with two attached hydrogens (primary N) is 1. The number of rotatable bonds is 6. The van der Waals surface area contributed by atoms with E-state index in [1.54, 1.807) is 0 Å². The Labute approximate surface area is 121 Å². The summed E-state index contributed by atoms with van der Waals surface area (Å²) in [6.45, 7) is 3.05. The lowest BCUT2D eigenvalue weighted by Gasteiger charge is -2.34. The molecule has 1 atom stereocenters. The molecule has 0 aromatic carbocycles. The van der Waals surface area contributed by atoms with Crippen molar-refractivity contribution in [3.63, 3.8) is 0 Å². The molecule has 0 aromatic rings. The summed E-state index contributed by atoms with van der Waals surface area (Å²) in [5, 5.41) is 0. The van der Waals surface area contributed by atoms with Gasteiger partial charge in [-0.15, -0.1) is 0 Å². The van der Waals surface area contributed by atoms with Gasteiger partial charge in [-0.25, -0.2) is 0 Å². The van der Waals surface area contributed by atoms with Gasteiger partial charge in [-0.2, -0.15) is 17.0 Å². The predicted octanol–water partition coefficient (Wildman–Crippen LogP) is -0.215. The van der Waals surface area contributed by atoms with Gasteiger partial charge in [-0.05, 0) is 25.7 Å². The van der Waals surface area contributed by atoms with E-state index in [1.165, 1.54) is 22.8 Å². The molecule has 2 N–H and O–H groups in total. The van der Waals surface area contributed by atoms with Crippen LogP contribution in [0, 0.1) is 5.92 Å². The molecule has 1 rings (SSSR count). The lowest BCUT2D eigenvalue weighted by atomic mass is 9.92. The molecule has 0 aromatic heterocycles. The van der Waals surface area contributed by atoms with Crippen LogP contribution in [0.1, 0.15) is 26.2 Å². The number of esters is 1. The van der Waals surface area contributed by atoms with E-state index in [9.17, 15) is 13.2 Å². The molecule has 0 radical (unpaired) electrons. The number of methoxy groups -OCH3 is 1. The molecule has 0 amide bonds. The lowest BCUT2D eigenvalue weighted by molar-refractivity contribution is -0.140. The van der Waals surface area contributed by atoms with Crippen LogP contribution in [-0.4, -0.2) is 62.8 Å². The molecule has 1 aliphatic heterocycles. The first-order valence-corrected chi connectivity index (χ1v) is 8.22. The normalized spacial score (nSPS) is 20.1. The van der Waals surface area contributed by atoms with Crippen LogP contribution in [0.5, 0.6) is 0 Å². The van der Waals surface area contributed by atoms with Crippen LogP contribution in [0.4, 0.5) is 0 Å². The quantitative estimate of drug-likeness (QED) is 0.685. The third-order valence-electron chi connectivity index (χ3n) is 3.82. The van der Waals surface area contributed by atoms with Gasteiger partial charge in [0.25, 0.3) is 10.2 Å². The third kappa shape index (κ3) is 4.41. The Kier molecular flexibility index (Phi) is 6.38. The molecular formula is C12H25N3O4S. The van der Waals surface area contributed by atoms with Crippen molar-refractivity contribution in [1.82, 2.24) is 8.61 Å². The maximum atomic E-state index is 12.3. The first-order chi connectivity index (χ1) is 9.28. The summed E-state index contributed by atoms with van der Waals surface area (Å²) in [5.41, 5.74) is 5.85. The SMILES string of the molecule is COC(=O)CCN(C)S(=O)(=O)N1CCC(C(C)N)CC1. The number of hydrogen-bond acceptors (Lipinski definition) is 5. The summed E-state index contributed by atoms with van der Waals surface area (Å²) in [6, 6.07) is 0.0944. The standard InChI is InChI=1S/C12H25N3O4S/c1-10(13)11-4-8-15(9-5-11)20(17,18)14(2)7-6-12(16)19-3/h10-11H,4-9,13H2,1-3H3. The third-order valence-corrected chi connectivity index (χ3v) is 5.81.